The second kappa shape index (κ2) is 10.4. The summed E-state index contributed by atoms with van der Waals surface area (Å²) in [6, 6.07) is 10.6. The summed E-state index contributed by atoms with van der Waals surface area (Å²) < 4.78 is 0. The van der Waals surface area contributed by atoms with E-state index in [1.54, 1.807) is 0 Å². The van der Waals surface area contributed by atoms with Crippen LogP contribution in [0.25, 0.3) is 0 Å². The molecule has 4 heteroatoms. The first-order valence-corrected chi connectivity index (χ1v) is 10.4. The second-order valence-electron chi connectivity index (χ2n) is 7.68. The van der Waals surface area contributed by atoms with Crippen LogP contribution >= 0.6 is 0 Å². The highest BCUT2D eigenvalue weighted by Crippen LogP contribution is 2.21. The lowest BCUT2D eigenvalue weighted by atomic mass is 9.96. The van der Waals surface area contributed by atoms with Gasteiger partial charge in [-0.05, 0) is 62.7 Å². The minimum absolute atomic E-state index is 0.148. The Morgan fingerprint density at radius 1 is 0.962 bits per heavy atom. The molecule has 0 spiro atoms. The van der Waals surface area contributed by atoms with Gasteiger partial charge in [0.25, 0.3) is 0 Å². The largest absolute Gasteiger partial charge is 0.364 e. The summed E-state index contributed by atoms with van der Waals surface area (Å²) in [7, 11) is 0. The quantitative estimate of drug-likeness (QED) is 0.720. The molecule has 0 saturated heterocycles. The Bertz CT molecular complexity index is 593. The molecular weight excluding hydrogens is 320 g/mol. The number of allylic oxidation sites excluding steroid dienone is 2. The van der Waals surface area contributed by atoms with Crippen LogP contribution in [0.1, 0.15) is 70.6 Å². The van der Waals surface area contributed by atoms with Gasteiger partial charge in [0.1, 0.15) is 6.17 Å². The average molecular weight is 355 g/mol. The van der Waals surface area contributed by atoms with Crippen molar-refractivity contribution in [3.8, 4) is 0 Å². The molecule has 1 aliphatic carbocycles. The molecule has 0 fully saturated rings. The fraction of sp³-hybridized carbons (Fsp3) is 0.591. The molecule has 1 aromatic carbocycles. The van der Waals surface area contributed by atoms with E-state index in [0.717, 1.165) is 37.8 Å². The van der Waals surface area contributed by atoms with Crippen LogP contribution in [-0.4, -0.2) is 17.9 Å². The molecule has 4 N–H and O–H groups in total. The van der Waals surface area contributed by atoms with Crippen molar-refractivity contribution in [2.45, 2.75) is 82.8 Å². The van der Waals surface area contributed by atoms with Crippen molar-refractivity contribution in [1.29, 1.82) is 0 Å². The lowest BCUT2D eigenvalue weighted by molar-refractivity contribution is 0.503. The van der Waals surface area contributed by atoms with Crippen LogP contribution < -0.4 is 16.5 Å². The number of benzene rings is 1. The Morgan fingerprint density at radius 2 is 1.77 bits per heavy atom. The van der Waals surface area contributed by atoms with Crippen molar-refractivity contribution in [1.82, 2.24) is 5.43 Å². The zero-order valence-electron chi connectivity index (χ0n) is 15.9. The van der Waals surface area contributed by atoms with Gasteiger partial charge in [0.15, 0.2) is 0 Å². The molecule has 26 heavy (non-hydrogen) atoms. The van der Waals surface area contributed by atoms with Crippen LogP contribution in [0.3, 0.4) is 0 Å². The molecular formula is C22H34N4. The molecule has 0 radical (unpaired) electrons. The number of para-hydroxylation sites is 1. The first kappa shape index (κ1) is 19.0. The van der Waals surface area contributed by atoms with Crippen LogP contribution in [0.15, 0.2) is 47.1 Å². The summed E-state index contributed by atoms with van der Waals surface area (Å²) in [6.07, 6.45) is 15.6. The zero-order chi connectivity index (χ0) is 18.0. The van der Waals surface area contributed by atoms with Crippen molar-refractivity contribution in [3.05, 3.63) is 42.0 Å². The highest BCUT2D eigenvalue weighted by Gasteiger charge is 2.17. The minimum Gasteiger partial charge on any atom is -0.364 e. The third kappa shape index (κ3) is 6.17. The molecule has 1 heterocycles. The molecule has 0 bridgehead atoms. The van der Waals surface area contributed by atoms with Crippen molar-refractivity contribution < 1.29 is 0 Å². The smallest absolute Gasteiger partial charge is 0.113 e. The van der Waals surface area contributed by atoms with Crippen LogP contribution in [-0.2, 0) is 0 Å². The monoisotopic (exact) mass is 354 g/mol. The third-order valence-corrected chi connectivity index (χ3v) is 5.40. The number of anilines is 1. The Labute approximate surface area is 158 Å². The predicted molar refractivity (Wildman–Crippen MR) is 111 cm³/mol. The number of hydrazone groups is 1. The van der Waals surface area contributed by atoms with Crippen molar-refractivity contribution in [2.75, 3.05) is 5.32 Å². The van der Waals surface area contributed by atoms with Gasteiger partial charge < -0.3 is 11.1 Å². The van der Waals surface area contributed by atoms with Crippen LogP contribution in [0.4, 0.5) is 5.69 Å². The average Bonchev–Trinajstić information content (AvgIpc) is 2.84. The summed E-state index contributed by atoms with van der Waals surface area (Å²) in [5, 5.41) is 8.42. The van der Waals surface area contributed by atoms with Gasteiger partial charge in [0.05, 0.1) is 5.71 Å². The summed E-state index contributed by atoms with van der Waals surface area (Å²) in [6.45, 7) is 0. The molecule has 0 amide bonds. The number of nitrogens with two attached hydrogens (primary N) is 1. The predicted octanol–water partition coefficient (Wildman–Crippen LogP) is 4.94. The Balaban J connectivity index is 1.72. The van der Waals surface area contributed by atoms with E-state index in [-0.39, 0.29) is 12.2 Å². The fourth-order valence-electron chi connectivity index (χ4n) is 3.87. The molecule has 2 unspecified atom stereocenters. The Hall–Kier alpha value is -1.81. The highest BCUT2D eigenvalue weighted by atomic mass is 15.4. The van der Waals surface area contributed by atoms with E-state index >= 15 is 0 Å². The number of hydrogen-bond donors (Lipinski definition) is 3. The van der Waals surface area contributed by atoms with Gasteiger partial charge >= 0.3 is 0 Å². The van der Waals surface area contributed by atoms with Crippen molar-refractivity contribution >= 4 is 11.4 Å². The Kier molecular flexibility index (Phi) is 7.56. The van der Waals surface area contributed by atoms with Crippen molar-refractivity contribution in [2.24, 2.45) is 10.8 Å². The lowest BCUT2D eigenvalue weighted by Gasteiger charge is -2.20. The maximum absolute atomic E-state index is 6.41. The SMILES string of the molecule is NC1CCCC(Nc2ccccc2)NN=C(C2=CCCCCCCC2)C1. The van der Waals surface area contributed by atoms with Crippen LogP contribution in [0, 0.1) is 0 Å². The molecule has 142 valence electrons. The van der Waals surface area contributed by atoms with Gasteiger partial charge in [0, 0.05) is 18.2 Å². The van der Waals surface area contributed by atoms with E-state index < -0.39 is 0 Å². The number of nitrogens with one attached hydrogen (secondary N) is 2. The summed E-state index contributed by atoms with van der Waals surface area (Å²) in [4.78, 5) is 0. The molecule has 1 aliphatic heterocycles. The van der Waals surface area contributed by atoms with Gasteiger partial charge in [-0.3, -0.25) is 5.43 Å². The van der Waals surface area contributed by atoms with Gasteiger partial charge in [-0.25, -0.2) is 0 Å². The molecule has 0 aromatic heterocycles. The van der Waals surface area contributed by atoms with E-state index in [2.05, 4.69) is 41.1 Å². The fourth-order valence-corrected chi connectivity index (χ4v) is 3.87. The minimum atomic E-state index is 0.148. The first-order chi connectivity index (χ1) is 12.8. The maximum Gasteiger partial charge on any atom is 0.113 e. The van der Waals surface area contributed by atoms with E-state index in [1.165, 1.54) is 49.8 Å². The lowest BCUT2D eigenvalue weighted by Crippen LogP contribution is -2.33. The van der Waals surface area contributed by atoms with Crippen LogP contribution in [0.2, 0.25) is 0 Å². The van der Waals surface area contributed by atoms with E-state index in [1.807, 2.05) is 6.07 Å². The topological polar surface area (TPSA) is 62.4 Å². The summed E-state index contributed by atoms with van der Waals surface area (Å²) in [5.74, 6) is 0. The second-order valence-corrected chi connectivity index (χ2v) is 7.68. The molecule has 2 aliphatic rings. The maximum atomic E-state index is 6.41. The number of nitrogens with zero attached hydrogens (tertiary/aromatic N) is 1. The van der Waals surface area contributed by atoms with E-state index in [0.29, 0.717) is 0 Å². The van der Waals surface area contributed by atoms with Gasteiger partial charge in [0.2, 0.25) is 0 Å². The zero-order valence-corrected chi connectivity index (χ0v) is 15.9. The molecule has 4 nitrogen and oxygen atoms in total. The Morgan fingerprint density at radius 3 is 2.65 bits per heavy atom. The van der Waals surface area contributed by atoms with E-state index in [9.17, 15) is 0 Å². The number of rotatable bonds is 3. The summed E-state index contributed by atoms with van der Waals surface area (Å²) in [5.41, 5.74) is 13.6. The van der Waals surface area contributed by atoms with Crippen molar-refractivity contribution in [3.63, 3.8) is 0 Å². The first-order valence-electron chi connectivity index (χ1n) is 10.4. The molecule has 3 rings (SSSR count). The summed E-state index contributed by atoms with van der Waals surface area (Å²) >= 11 is 0. The van der Waals surface area contributed by atoms with Gasteiger partial charge in [-0.1, -0.05) is 43.5 Å². The molecule has 0 saturated carbocycles. The van der Waals surface area contributed by atoms with E-state index in [4.69, 9.17) is 10.8 Å². The highest BCUT2D eigenvalue weighted by molar-refractivity contribution is 6.00. The third-order valence-electron chi connectivity index (χ3n) is 5.40. The molecule has 2 atom stereocenters. The number of hydrogen-bond acceptors (Lipinski definition) is 4. The van der Waals surface area contributed by atoms with Crippen LogP contribution in [0.5, 0.6) is 0 Å². The van der Waals surface area contributed by atoms with Gasteiger partial charge in [-0.2, -0.15) is 5.10 Å². The normalized spacial score (nSPS) is 25.7. The standard InChI is InChI=1S/C22H34N4/c23-19-13-10-16-22(24-20-14-8-5-9-15-20)26-25-21(17-19)18-11-6-3-1-2-4-7-12-18/h5,8-9,11,14-15,19,22,24,26H,1-4,6-7,10,12-13,16-17,23H2. The molecule has 1 aromatic rings. The van der Waals surface area contributed by atoms with Gasteiger partial charge in [-0.15, -0.1) is 0 Å².